The third kappa shape index (κ3) is 10.1. The molecular weight excluding hydrogens is 396 g/mol. The van der Waals surface area contributed by atoms with Gasteiger partial charge < -0.3 is 21.3 Å². The number of carbonyl (C=O) groups excluding carboxylic acids is 4. The van der Waals surface area contributed by atoms with Gasteiger partial charge in [0.2, 0.25) is 11.7 Å². The van der Waals surface area contributed by atoms with Crippen LogP contribution in [0.15, 0.2) is 30.3 Å². The number of rotatable bonds is 10. The largest absolute Gasteiger partial charge is 0.350 e. The quantitative estimate of drug-likeness (QED) is 0.423. The Labute approximate surface area is 184 Å². The Kier molecular flexibility index (Phi) is 10.2. The van der Waals surface area contributed by atoms with Crippen LogP contribution < -0.4 is 21.3 Å². The van der Waals surface area contributed by atoms with Crippen molar-refractivity contribution >= 4 is 23.6 Å². The molecule has 0 saturated carbocycles. The van der Waals surface area contributed by atoms with Crippen molar-refractivity contribution in [1.29, 1.82) is 0 Å². The number of nitrogens with one attached hydrogen (secondary N) is 4. The average molecular weight is 433 g/mol. The number of hydrogen-bond donors (Lipinski definition) is 4. The van der Waals surface area contributed by atoms with Crippen LogP contribution in [0.2, 0.25) is 0 Å². The Bertz CT molecular complexity index is 757. The smallest absolute Gasteiger partial charge is 0.315 e. The topological polar surface area (TPSA) is 116 Å². The van der Waals surface area contributed by atoms with E-state index < -0.39 is 41.3 Å². The Morgan fingerprint density at radius 3 is 2.06 bits per heavy atom. The molecule has 0 saturated heterocycles. The average Bonchev–Trinajstić information content (AvgIpc) is 2.65. The van der Waals surface area contributed by atoms with Crippen LogP contribution in [-0.4, -0.2) is 47.8 Å². The fourth-order valence-electron chi connectivity index (χ4n) is 2.98. The molecule has 4 amide bonds. The highest BCUT2D eigenvalue weighted by atomic mass is 16.2. The van der Waals surface area contributed by atoms with E-state index in [2.05, 4.69) is 21.3 Å². The van der Waals surface area contributed by atoms with E-state index in [1.807, 2.05) is 65.0 Å². The number of hydrogen-bond acceptors (Lipinski definition) is 4. The van der Waals surface area contributed by atoms with E-state index in [1.54, 1.807) is 6.92 Å². The first-order valence-corrected chi connectivity index (χ1v) is 10.7. The van der Waals surface area contributed by atoms with E-state index in [-0.39, 0.29) is 12.3 Å². The zero-order valence-corrected chi connectivity index (χ0v) is 19.4. The minimum absolute atomic E-state index is 0.123. The van der Waals surface area contributed by atoms with Gasteiger partial charge in [0.05, 0.1) is 0 Å². The molecule has 0 aromatic heterocycles. The Hall–Kier alpha value is -2.90. The van der Waals surface area contributed by atoms with Gasteiger partial charge in [0.15, 0.2) is 0 Å². The van der Waals surface area contributed by atoms with Crippen molar-refractivity contribution in [3.63, 3.8) is 0 Å². The predicted molar refractivity (Wildman–Crippen MR) is 120 cm³/mol. The maximum Gasteiger partial charge on any atom is 0.315 e. The molecule has 4 N–H and O–H groups in total. The van der Waals surface area contributed by atoms with Crippen LogP contribution in [0.4, 0.5) is 4.79 Å². The van der Waals surface area contributed by atoms with Gasteiger partial charge in [-0.15, -0.1) is 0 Å². The molecule has 2 atom stereocenters. The van der Waals surface area contributed by atoms with Gasteiger partial charge in [0.1, 0.15) is 12.1 Å². The Morgan fingerprint density at radius 2 is 1.55 bits per heavy atom. The lowest BCUT2D eigenvalue weighted by molar-refractivity contribution is -0.140. The SMILES string of the molecule is CCNC(=O)C(=O)C(Cc1ccccc1)NC(=O)[C@H](CC(C)C)NC(=O)NC(C)(C)C. The number of urea groups is 1. The van der Waals surface area contributed by atoms with Gasteiger partial charge in [0, 0.05) is 18.5 Å². The molecular formula is C23H36N4O4. The van der Waals surface area contributed by atoms with Crippen molar-refractivity contribution in [2.45, 2.75) is 72.0 Å². The van der Waals surface area contributed by atoms with Crippen molar-refractivity contribution < 1.29 is 19.2 Å². The van der Waals surface area contributed by atoms with Gasteiger partial charge in [-0.25, -0.2) is 4.79 Å². The number of Topliss-reactive ketones (excluding diaryl/α,β-unsaturated/α-hetero) is 1. The zero-order valence-electron chi connectivity index (χ0n) is 19.4. The summed E-state index contributed by atoms with van der Waals surface area (Å²) in [7, 11) is 0. The molecule has 1 aromatic carbocycles. The van der Waals surface area contributed by atoms with E-state index in [9.17, 15) is 19.2 Å². The van der Waals surface area contributed by atoms with E-state index >= 15 is 0 Å². The summed E-state index contributed by atoms with van der Waals surface area (Å²) in [4.78, 5) is 50.2. The number of ketones is 1. The molecule has 1 unspecified atom stereocenters. The molecule has 0 aliphatic rings. The van der Waals surface area contributed by atoms with E-state index in [0.717, 1.165) is 5.56 Å². The first kappa shape index (κ1) is 26.1. The molecule has 31 heavy (non-hydrogen) atoms. The van der Waals surface area contributed by atoms with Gasteiger partial charge >= 0.3 is 6.03 Å². The fourth-order valence-corrected chi connectivity index (χ4v) is 2.98. The molecule has 0 radical (unpaired) electrons. The van der Waals surface area contributed by atoms with Crippen molar-refractivity contribution in [2.75, 3.05) is 6.54 Å². The van der Waals surface area contributed by atoms with E-state index in [4.69, 9.17) is 0 Å². The molecule has 0 fully saturated rings. The zero-order chi connectivity index (χ0) is 23.6. The van der Waals surface area contributed by atoms with Crippen LogP contribution >= 0.6 is 0 Å². The molecule has 1 rings (SSSR count). The van der Waals surface area contributed by atoms with Gasteiger partial charge in [-0.2, -0.15) is 0 Å². The minimum atomic E-state index is -1.04. The molecule has 8 heteroatoms. The monoisotopic (exact) mass is 432 g/mol. The van der Waals surface area contributed by atoms with Crippen molar-refractivity contribution in [2.24, 2.45) is 5.92 Å². The van der Waals surface area contributed by atoms with Gasteiger partial charge in [-0.1, -0.05) is 44.2 Å². The highest BCUT2D eigenvalue weighted by Gasteiger charge is 2.31. The second kappa shape index (κ2) is 12.1. The first-order chi connectivity index (χ1) is 14.4. The first-order valence-electron chi connectivity index (χ1n) is 10.7. The van der Waals surface area contributed by atoms with Gasteiger partial charge in [-0.05, 0) is 45.6 Å². The lowest BCUT2D eigenvalue weighted by Crippen LogP contribution is -2.57. The summed E-state index contributed by atoms with van der Waals surface area (Å²) in [5, 5.41) is 10.6. The highest BCUT2D eigenvalue weighted by molar-refractivity contribution is 6.38. The summed E-state index contributed by atoms with van der Waals surface area (Å²) in [6.07, 6.45) is 0.557. The minimum Gasteiger partial charge on any atom is -0.350 e. The molecule has 1 aromatic rings. The summed E-state index contributed by atoms with van der Waals surface area (Å²) < 4.78 is 0. The maximum absolute atomic E-state index is 13.0. The number of amides is 4. The van der Waals surface area contributed by atoms with Crippen LogP contribution in [0.5, 0.6) is 0 Å². The van der Waals surface area contributed by atoms with Crippen LogP contribution in [0, 0.1) is 5.92 Å². The summed E-state index contributed by atoms with van der Waals surface area (Å²) in [5.41, 5.74) is 0.344. The summed E-state index contributed by atoms with van der Waals surface area (Å²) in [6.45, 7) is 11.4. The fraction of sp³-hybridized carbons (Fsp3) is 0.565. The van der Waals surface area contributed by atoms with Crippen LogP contribution in [-0.2, 0) is 20.8 Å². The van der Waals surface area contributed by atoms with E-state index in [0.29, 0.717) is 13.0 Å². The molecule has 0 aliphatic heterocycles. The molecule has 0 heterocycles. The molecule has 8 nitrogen and oxygen atoms in total. The summed E-state index contributed by atoms with van der Waals surface area (Å²) in [5.74, 6) is -1.85. The van der Waals surface area contributed by atoms with Gasteiger partial charge in [0.25, 0.3) is 5.91 Å². The third-order valence-corrected chi connectivity index (χ3v) is 4.29. The number of likely N-dealkylation sites (N-methyl/N-ethyl adjacent to an activating group) is 1. The van der Waals surface area contributed by atoms with Crippen molar-refractivity contribution in [1.82, 2.24) is 21.3 Å². The molecule has 0 bridgehead atoms. The normalized spacial score (nSPS) is 13.1. The predicted octanol–water partition coefficient (Wildman–Crippen LogP) is 1.93. The number of benzene rings is 1. The van der Waals surface area contributed by atoms with Crippen molar-refractivity contribution in [3.8, 4) is 0 Å². The highest BCUT2D eigenvalue weighted by Crippen LogP contribution is 2.09. The Balaban J connectivity index is 3.02. The van der Waals surface area contributed by atoms with Crippen LogP contribution in [0.25, 0.3) is 0 Å². The molecule has 0 spiro atoms. The maximum atomic E-state index is 13.0. The van der Waals surface area contributed by atoms with E-state index in [1.165, 1.54) is 0 Å². The summed E-state index contributed by atoms with van der Waals surface area (Å²) >= 11 is 0. The molecule has 0 aliphatic carbocycles. The van der Waals surface area contributed by atoms with Crippen LogP contribution in [0.1, 0.15) is 53.5 Å². The standard InChI is InChI=1S/C23H36N4O4/c1-7-24-21(30)19(28)17(14-16-11-9-8-10-12-16)25-20(29)18(13-15(2)3)26-22(31)27-23(4,5)6/h8-12,15,17-18H,7,13-14H2,1-6H3,(H,24,30)(H,25,29)(H2,26,27,31)/t17?,18-/m0/s1. The summed E-state index contributed by atoms with van der Waals surface area (Å²) in [6, 6.07) is 6.79. The Morgan fingerprint density at radius 1 is 0.935 bits per heavy atom. The lowest BCUT2D eigenvalue weighted by atomic mass is 9.99. The number of carbonyl (C=O) groups is 4. The van der Waals surface area contributed by atoms with Gasteiger partial charge in [-0.3, -0.25) is 14.4 Å². The second-order valence-electron chi connectivity index (χ2n) is 9.01. The lowest BCUT2D eigenvalue weighted by Gasteiger charge is -2.26. The van der Waals surface area contributed by atoms with Crippen LogP contribution in [0.3, 0.4) is 0 Å². The van der Waals surface area contributed by atoms with Crippen molar-refractivity contribution in [3.05, 3.63) is 35.9 Å². The molecule has 172 valence electrons. The third-order valence-electron chi connectivity index (χ3n) is 4.29. The second-order valence-corrected chi connectivity index (χ2v) is 9.01.